The summed E-state index contributed by atoms with van der Waals surface area (Å²) in [6.45, 7) is 2.13. The van der Waals surface area contributed by atoms with Crippen LogP contribution < -0.4 is 4.74 Å². The van der Waals surface area contributed by atoms with Crippen LogP contribution in [0.3, 0.4) is 0 Å². The third-order valence-electron chi connectivity index (χ3n) is 1.85. The lowest BCUT2D eigenvalue weighted by molar-refractivity contribution is -0.386. The number of nitrogens with zero attached hydrogens (tertiary/aromatic N) is 1. The topological polar surface area (TPSA) is 61.6 Å². The van der Waals surface area contributed by atoms with Crippen LogP contribution in [-0.4, -0.2) is 24.7 Å². The molecule has 0 aromatic heterocycles. The van der Waals surface area contributed by atoms with Crippen molar-refractivity contribution in [2.45, 2.75) is 13.0 Å². The van der Waals surface area contributed by atoms with Crippen molar-refractivity contribution in [3.63, 3.8) is 0 Å². The summed E-state index contributed by atoms with van der Waals surface area (Å²) in [4.78, 5) is 10.2. The molecule has 0 aliphatic carbocycles. The van der Waals surface area contributed by atoms with E-state index in [2.05, 4.69) is 0 Å². The lowest BCUT2D eigenvalue weighted by atomic mass is 10.3. The van der Waals surface area contributed by atoms with E-state index in [9.17, 15) is 10.1 Å². The van der Waals surface area contributed by atoms with Crippen LogP contribution in [0.5, 0.6) is 5.75 Å². The van der Waals surface area contributed by atoms with E-state index in [0.29, 0.717) is 11.6 Å². The quantitative estimate of drug-likeness (QED) is 0.591. The first kappa shape index (κ1) is 12.7. The van der Waals surface area contributed by atoms with Gasteiger partial charge in [-0.25, -0.2) is 0 Å². The second-order valence-electron chi connectivity index (χ2n) is 3.25. The molecule has 1 aromatic rings. The van der Waals surface area contributed by atoms with Gasteiger partial charge in [0.15, 0.2) is 5.75 Å². The van der Waals surface area contributed by atoms with Gasteiger partial charge in [0.1, 0.15) is 6.10 Å². The average molecular weight is 246 g/mol. The van der Waals surface area contributed by atoms with Gasteiger partial charge in [-0.05, 0) is 19.1 Å². The van der Waals surface area contributed by atoms with E-state index in [1.54, 1.807) is 13.0 Å². The minimum atomic E-state index is -0.527. The molecule has 0 amide bonds. The van der Waals surface area contributed by atoms with Crippen molar-refractivity contribution in [2.24, 2.45) is 0 Å². The first-order valence-corrected chi connectivity index (χ1v) is 5.02. The van der Waals surface area contributed by atoms with Crippen LogP contribution in [0.25, 0.3) is 0 Å². The summed E-state index contributed by atoms with van der Waals surface area (Å²) in [5, 5.41) is 11.1. The molecule has 88 valence electrons. The van der Waals surface area contributed by atoms with E-state index >= 15 is 0 Å². The molecular weight excluding hydrogens is 234 g/mol. The third kappa shape index (κ3) is 3.36. The number of hydrogen-bond acceptors (Lipinski definition) is 4. The zero-order valence-electron chi connectivity index (χ0n) is 8.97. The predicted octanol–water partition coefficient (Wildman–Crippen LogP) is 2.66. The monoisotopic (exact) mass is 245 g/mol. The van der Waals surface area contributed by atoms with Crippen molar-refractivity contribution >= 4 is 17.3 Å². The van der Waals surface area contributed by atoms with E-state index in [-0.39, 0.29) is 17.5 Å². The summed E-state index contributed by atoms with van der Waals surface area (Å²) >= 11 is 5.67. The Morgan fingerprint density at radius 2 is 2.25 bits per heavy atom. The Bertz CT molecular complexity index is 383. The molecule has 0 aliphatic heterocycles. The number of ether oxygens (including phenoxy) is 2. The van der Waals surface area contributed by atoms with Gasteiger partial charge in [0.2, 0.25) is 0 Å². The first-order chi connectivity index (χ1) is 7.54. The molecule has 16 heavy (non-hydrogen) atoms. The highest BCUT2D eigenvalue weighted by atomic mass is 35.5. The van der Waals surface area contributed by atoms with Gasteiger partial charge in [-0.1, -0.05) is 11.6 Å². The number of nitro benzene ring substituents is 1. The molecular formula is C10H12ClNO4. The van der Waals surface area contributed by atoms with E-state index < -0.39 is 4.92 Å². The Labute approximate surface area is 98.1 Å². The molecule has 1 aromatic carbocycles. The number of rotatable bonds is 5. The Kier molecular flexibility index (Phi) is 4.52. The molecule has 1 rings (SSSR count). The lowest BCUT2D eigenvalue weighted by Crippen LogP contribution is -2.18. The predicted molar refractivity (Wildman–Crippen MR) is 60.1 cm³/mol. The molecule has 0 heterocycles. The molecule has 0 N–H and O–H groups in total. The second-order valence-corrected chi connectivity index (χ2v) is 3.69. The molecule has 6 heteroatoms. The molecule has 0 bridgehead atoms. The molecule has 0 saturated carbocycles. The Balaban J connectivity index is 2.90. The molecule has 0 spiro atoms. The van der Waals surface area contributed by atoms with Gasteiger partial charge >= 0.3 is 5.69 Å². The summed E-state index contributed by atoms with van der Waals surface area (Å²) in [6, 6.07) is 4.28. The largest absolute Gasteiger partial charge is 0.481 e. The first-order valence-electron chi connectivity index (χ1n) is 4.64. The number of benzene rings is 1. The van der Waals surface area contributed by atoms with Gasteiger partial charge in [-0.15, -0.1) is 0 Å². The van der Waals surface area contributed by atoms with Crippen LogP contribution in [0.15, 0.2) is 18.2 Å². The minimum absolute atomic E-state index is 0.143. The Hall–Kier alpha value is -1.33. The van der Waals surface area contributed by atoms with E-state index in [1.165, 1.54) is 19.2 Å². The fourth-order valence-corrected chi connectivity index (χ4v) is 1.38. The molecule has 0 radical (unpaired) electrons. The zero-order valence-corrected chi connectivity index (χ0v) is 9.73. The molecule has 0 aliphatic rings. The smallest absolute Gasteiger partial charge is 0.312 e. The van der Waals surface area contributed by atoms with E-state index in [4.69, 9.17) is 21.1 Å². The van der Waals surface area contributed by atoms with Gasteiger partial charge in [0.05, 0.1) is 11.5 Å². The maximum Gasteiger partial charge on any atom is 0.312 e. The average Bonchev–Trinajstić information content (AvgIpc) is 2.20. The SMILES string of the molecule is COC[C@@H](C)Oc1ccc(Cl)cc1[N+](=O)[O-]. The number of halogens is 1. The fourth-order valence-electron chi connectivity index (χ4n) is 1.22. The normalized spacial score (nSPS) is 12.2. The third-order valence-corrected chi connectivity index (χ3v) is 2.08. The standard InChI is InChI=1S/C10H12ClNO4/c1-7(6-15-2)16-10-4-3-8(11)5-9(10)12(13)14/h3-5,7H,6H2,1-2H3/t7-/m1/s1. The maximum absolute atomic E-state index is 10.7. The van der Waals surface area contributed by atoms with Gasteiger partial charge in [-0.3, -0.25) is 10.1 Å². The highest BCUT2D eigenvalue weighted by Crippen LogP contribution is 2.30. The maximum atomic E-state index is 10.7. The lowest BCUT2D eigenvalue weighted by Gasteiger charge is -2.13. The van der Waals surface area contributed by atoms with Crippen LogP contribution in [0, 0.1) is 10.1 Å². The van der Waals surface area contributed by atoms with E-state index in [1.807, 2.05) is 0 Å². The Morgan fingerprint density at radius 1 is 1.56 bits per heavy atom. The summed E-state index contributed by atoms with van der Waals surface area (Å²) < 4.78 is 10.3. The molecule has 1 atom stereocenters. The van der Waals surface area contributed by atoms with Crippen molar-refractivity contribution in [3.05, 3.63) is 33.3 Å². The van der Waals surface area contributed by atoms with Crippen LogP contribution in [0.1, 0.15) is 6.92 Å². The molecule has 0 unspecified atom stereocenters. The zero-order chi connectivity index (χ0) is 12.1. The van der Waals surface area contributed by atoms with Crippen molar-refractivity contribution in [3.8, 4) is 5.75 Å². The van der Waals surface area contributed by atoms with Crippen LogP contribution in [-0.2, 0) is 4.74 Å². The highest BCUT2D eigenvalue weighted by Gasteiger charge is 2.17. The van der Waals surface area contributed by atoms with Crippen molar-refractivity contribution < 1.29 is 14.4 Å². The van der Waals surface area contributed by atoms with Crippen molar-refractivity contribution in [2.75, 3.05) is 13.7 Å². The van der Waals surface area contributed by atoms with Crippen LogP contribution in [0.2, 0.25) is 5.02 Å². The molecule has 5 nitrogen and oxygen atoms in total. The van der Waals surface area contributed by atoms with Gasteiger partial charge in [0.25, 0.3) is 0 Å². The van der Waals surface area contributed by atoms with Crippen molar-refractivity contribution in [1.29, 1.82) is 0 Å². The Morgan fingerprint density at radius 3 is 2.81 bits per heavy atom. The van der Waals surface area contributed by atoms with Crippen LogP contribution in [0.4, 0.5) is 5.69 Å². The van der Waals surface area contributed by atoms with Gasteiger partial charge in [-0.2, -0.15) is 0 Å². The summed E-state index contributed by atoms with van der Waals surface area (Å²) in [5.41, 5.74) is -0.143. The van der Waals surface area contributed by atoms with Gasteiger partial charge in [0, 0.05) is 18.2 Å². The fraction of sp³-hybridized carbons (Fsp3) is 0.400. The number of nitro groups is 1. The summed E-state index contributed by atoms with van der Waals surface area (Å²) in [6.07, 6.45) is -0.259. The number of hydrogen-bond donors (Lipinski definition) is 0. The number of methoxy groups -OCH3 is 1. The van der Waals surface area contributed by atoms with Gasteiger partial charge < -0.3 is 9.47 Å². The molecule has 0 saturated heterocycles. The van der Waals surface area contributed by atoms with Crippen LogP contribution >= 0.6 is 11.6 Å². The van der Waals surface area contributed by atoms with E-state index in [0.717, 1.165) is 0 Å². The minimum Gasteiger partial charge on any atom is -0.481 e. The summed E-state index contributed by atoms with van der Waals surface area (Å²) in [7, 11) is 1.54. The van der Waals surface area contributed by atoms with Crippen molar-refractivity contribution in [1.82, 2.24) is 0 Å². The highest BCUT2D eigenvalue weighted by molar-refractivity contribution is 6.30. The summed E-state index contributed by atoms with van der Waals surface area (Å²) in [5.74, 6) is 0.193. The molecule has 0 fully saturated rings. The second kappa shape index (κ2) is 5.67.